The van der Waals surface area contributed by atoms with Crippen molar-refractivity contribution in [1.82, 2.24) is 0 Å². The highest BCUT2D eigenvalue weighted by atomic mass is 31.2. The van der Waals surface area contributed by atoms with Gasteiger partial charge in [-0.05, 0) is 0 Å². The maximum absolute atomic E-state index is 11.6. The summed E-state index contributed by atoms with van der Waals surface area (Å²) in [6, 6.07) is 0. The molecule has 0 amide bonds. The molecule has 12 nitrogen and oxygen atoms in total. The Labute approximate surface area is 123 Å². The molecule has 0 heterocycles. The lowest BCUT2D eigenvalue weighted by atomic mass is 10.0. The second-order valence-electron chi connectivity index (χ2n) is 4.04. The summed E-state index contributed by atoms with van der Waals surface area (Å²) < 4.78 is 18.9. The first-order valence-electron chi connectivity index (χ1n) is 5.73. The van der Waals surface area contributed by atoms with Gasteiger partial charge in [0.2, 0.25) is 0 Å². The zero-order valence-electron chi connectivity index (χ0n) is 11.0. The lowest BCUT2D eigenvalue weighted by Gasteiger charge is -2.28. The first kappa shape index (κ1) is 21.0. The monoisotopic (exact) mass is 348 g/mol. The molecule has 0 aliphatic heterocycles. The number of carbonyl (C=O) groups excluding carboxylic acids is 2. The van der Waals surface area contributed by atoms with Crippen LogP contribution < -0.4 is 0 Å². The SMILES string of the molecule is O=C[C@H](O)[C@@H](OC(=O)C(CO)OP(=O)(O)O)[C@H](O)[C@H](O)CO. The molecule has 0 aromatic rings. The van der Waals surface area contributed by atoms with Crippen LogP contribution in [0.15, 0.2) is 0 Å². The normalized spacial score (nSPS) is 18.9. The van der Waals surface area contributed by atoms with Gasteiger partial charge in [-0.3, -0.25) is 4.52 Å². The van der Waals surface area contributed by atoms with Crippen LogP contribution in [0.25, 0.3) is 0 Å². The summed E-state index contributed by atoms with van der Waals surface area (Å²) in [7, 11) is -5.16. The zero-order valence-corrected chi connectivity index (χ0v) is 11.9. The molecule has 0 radical (unpaired) electrons. The van der Waals surface area contributed by atoms with Gasteiger partial charge >= 0.3 is 13.8 Å². The molecule has 130 valence electrons. The van der Waals surface area contributed by atoms with E-state index in [0.29, 0.717) is 0 Å². The van der Waals surface area contributed by atoms with Crippen LogP contribution in [0.5, 0.6) is 0 Å². The highest BCUT2D eigenvalue weighted by Gasteiger charge is 2.38. The fraction of sp³-hybridized carbons (Fsp3) is 0.778. The maximum Gasteiger partial charge on any atom is 0.470 e. The quantitative estimate of drug-likeness (QED) is 0.113. The maximum atomic E-state index is 11.6. The highest BCUT2D eigenvalue weighted by Crippen LogP contribution is 2.37. The van der Waals surface area contributed by atoms with Crippen LogP contribution in [0, 0.1) is 0 Å². The van der Waals surface area contributed by atoms with Gasteiger partial charge in [-0.1, -0.05) is 0 Å². The summed E-state index contributed by atoms with van der Waals surface area (Å²) >= 11 is 0. The summed E-state index contributed by atoms with van der Waals surface area (Å²) in [6.45, 7) is -2.21. The van der Waals surface area contributed by atoms with Crippen molar-refractivity contribution in [1.29, 1.82) is 0 Å². The Morgan fingerprint density at radius 1 is 1.14 bits per heavy atom. The predicted molar refractivity (Wildman–Crippen MR) is 65.1 cm³/mol. The standard InChI is InChI=1S/C9H17O12P/c10-1-4(13)7(15)8(5(14)2-11)20-9(16)6(3-12)21-22(17,18)19/h2,4-8,10,12-15H,1,3H2,(H2,17,18,19)/t4-,5+,6?,7-,8-/m1/s1. The van der Waals surface area contributed by atoms with Crippen LogP contribution >= 0.6 is 7.82 Å². The molecule has 0 aliphatic rings. The number of hydrogen-bond acceptors (Lipinski definition) is 10. The number of aldehydes is 1. The Kier molecular flexibility index (Phi) is 8.85. The number of esters is 1. The molecule has 0 aromatic heterocycles. The second-order valence-corrected chi connectivity index (χ2v) is 5.23. The van der Waals surface area contributed by atoms with Crippen molar-refractivity contribution >= 4 is 20.1 Å². The van der Waals surface area contributed by atoms with E-state index in [1.807, 2.05) is 0 Å². The van der Waals surface area contributed by atoms with E-state index < -0.39 is 57.5 Å². The molecule has 0 fully saturated rings. The van der Waals surface area contributed by atoms with Crippen LogP contribution in [-0.2, 0) is 23.4 Å². The summed E-state index contributed by atoms with van der Waals surface area (Å²) in [6.07, 6.45) is -10.5. The molecule has 0 bridgehead atoms. The van der Waals surface area contributed by atoms with Crippen molar-refractivity contribution in [3.8, 4) is 0 Å². The Hall–Kier alpha value is -0.950. The van der Waals surface area contributed by atoms with E-state index in [1.54, 1.807) is 0 Å². The van der Waals surface area contributed by atoms with Crippen molar-refractivity contribution in [2.24, 2.45) is 0 Å². The third kappa shape index (κ3) is 6.87. The Bertz CT molecular complexity index is 407. The van der Waals surface area contributed by atoms with Crippen molar-refractivity contribution in [2.45, 2.75) is 30.5 Å². The predicted octanol–water partition coefficient (Wildman–Crippen LogP) is -4.36. The molecule has 13 heteroatoms. The van der Waals surface area contributed by atoms with E-state index in [4.69, 9.17) is 20.0 Å². The number of phosphoric acid groups is 1. The van der Waals surface area contributed by atoms with Gasteiger partial charge in [0, 0.05) is 0 Å². The van der Waals surface area contributed by atoms with Crippen molar-refractivity contribution in [3.05, 3.63) is 0 Å². The lowest BCUT2D eigenvalue weighted by molar-refractivity contribution is -0.182. The molecule has 0 saturated carbocycles. The molecule has 0 spiro atoms. The van der Waals surface area contributed by atoms with Gasteiger partial charge in [0.1, 0.15) is 18.3 Å². The number of hydrogen-bond donors (Lipinski definition) is 7. The van der Waals surface area contributed by atoms with Gasteiger partial charge in [-0.2, -0.15) is 0 Å². The third-order valence-corrected chi connectivity index (χ3v) is 2.87. The lowest BCUT2D eigenvalue weighted by Crippen LogP contribution is -2.50. The average Bonchev–Trinajstić information content (AvgIpc) is 2.46. The van der Waals surface area contributed by atoms with Crippen LogP contribution in [0.4, 0.5) is 0 Å². The summed E-state index contributed by atoms with van der Waals surface area (Å²) in [5, 5.41) is 45.6. The topological polar surface area (TPSA) is 211 Å². The molecule has 1 unspecified atom stereocenters. The molecule has 22 heavy (non-hydrogen) atoms. The van der Waals surface area contributed by atoms with Gasteiger partial charge in [0.25, 0.3) is 0 Å². The molecule has 7 N–H and O–H groups in total. The number of ether oxygens (including phenoxy) is 1. The molecule has 0 aromatic carbocycles. The van der Waals surface area contributed by atoms with E-state index in [0.717, 1.165) is 0 Å². The minimum Gasteiger partial charge on any atom is -0.454 e. The first-order valence-corrected chi connectivity index (χ1v) is 7.26. The van der Waals surface area contributed by atoms with E-state index in [9.17, 15) is 29.5 Å². The van der Waals surface area contributed by atoms with Gasteiger partial charge in [-0.15, -0.1) is 0 Å². The summed E-state index contributed by atoms with van der Waals surface area (Å²) in [5.74, 6) is -1.62. The Morgan fingerprint density at radius 3 is 2.05 bits per heavy atom. The number of rotatable bonds is 10. The molecular formula is C9H17O12P. The Balaban J connectivity index is 5.08. The summed E-state index contributed by atoms with van der Waals surface area (Å²) in [4.78, 5) is 39.1. The molecule has 0 saturated heterocycles. The largest absolute Gasteiger partial charge is 0.470 e. The smallest absolute Gasteiger partial charge is 0.454 e. The van der Waals surface area contributed by atoms with Crippen LogP contribution in [0.3, 0.4) is 0 Å². The minimum atomic E-state index is -5.16. The number of aliphatic hydroxyl groups is 5. The van der Waals surface area contributed by atoms with Gasteiger partial charge in [-0.25, -0.2) is 9.36 Å². The number of aliphatic hydroxyl groups excluding tert-OH is 5. The van der Waals surface area contributed by atoms with Crippen molar-refractivity contribution in [2.75, 3.05) is 13.2 Å². The zero-order chi connectivity index (χ0) is 17.5. The second kappa shape index (κ2) is 9.25. The van der Waals surface area contributed by atoms with Crippen LogP contribution in [0.2, 0.25) is 0 Å². The summed E-state index contributed by atoms with van der Waals surface area (Å²) in [5.41, 5.74) is 0. The molecule has 0 rings (SSSR count). The molecule has 0 aliphatic carbocycles. The molecular weight excluding hydrogens is 331 g/mol. The Morgan fingerprint density at radius 2 is 1.68 bits per heavy atom. The average molecular weight is 348 g/mol. The van der Waals surface area contributed by atoms with Gasteiger partial charge < -0.3 is 44.9 Å². The third-order valence-electron chi connectivity index (χ3n) is 2.34. The number of carbonyl (C=O) groups is 2. The fourth-order valence-electron chi connectivity index (χ4n) is 1.27. The fourth-order valence-corrected chi connectivity index (χ4v) is 1.76. The first-order chi connectivity index (χ1) is 10.1. The van der Waals surface area contributed by atoms with E-state index in [2.05, 4.69) is 9.26 Å². The van der Waals surface area contributed by atoms with Gasteiger partial charge in [0.05, 0.1) is 13.2 Å². The highest BCUT2D eigenvalue weighted by molar-refractivity contribution is 7.46. The van der Waals surface area contributed by atoms with Gasteiger partial charge in [0.15, 0.2) is 18.5 Å². The van der Waals surface area contributed by atoms with Crippen molar-refractivity contribution in [3.63, 3.8) is 0 Å². The number of phosphoric ester groups is 1. The van der Waals surface area contributed by atoms with E-state index >= 15 is 0 Å². The molecule has 5 atom stereocenters. The van der Waals surface area contributed by atoms with Crippen LogP contribution in [-0.4, -0.2) is 91.3 Å². The van der Waals surface area contributed by atoms with E-state index in [1.165, 1.54) is 0 Å². The van der Waals surface area contributed by atoms with Crippen molar-refractivity contribution < 1.29 is 58.7 Å². The van der Waals surface area contributed by atoms with Crippen LogP contribution in [0.1, 0.15) is 0 Å². The minimum absolute atomic E-state index is 0.150. The van der Waals surface area contributed by atoms with E-state index in [-0.39, 0.29) is 6.29 Å².